The van der Waals surface area contributed by atoms with Gasteiger partial charge in [0.2, 0.25) is 0 Å². The topological polar surface area (TPSA) is 38.1 Å². The van der Waals surface area contributed by atoms with Gasteiger partial charge in [0.25, 0.3) is 5.91 Å². The van der Waals surface area contributed by atoms with Gasteiger partial charge in [-0.15, -0.1) is 0 Å². The Labute approximate surface area is 164 Å². The zero-order valence-corrected chi connectivity index (χ0v) is 15.3. The van der Waals surface area contributed by atoms with Crippen LogP contribution in [0.3, 0.4) is 0 Å². The van der Waals surface area contributed by atoms with Crippen LogP contribution in [-0.2, 0) is 12.6 Å². The molecule has 144 valence electrons. The Morgan fingerprint density at radius 3 is 2.64 bits per heavy atom. The molecule has 0 saturated heterocycles. The van der Waals surface area contributed by atoms with Crippen LogP contribution in [0, 0.1) is 0 Å². The van der Waals surface area contributed by atoms with Gasteiger partial charge in [-0.05, 0) is 42.7 Å². The first-order valence-electron chi connectivity index (χ1n) is 8.67. The summed E-state index contributed by atoms with van der Waals surface area (Å²) in [5.74, 6) is -0.715. The van der Waals surface area contributed by atoms with Gasteiger partial charge in [0.15, 0.2) is 5.69 Å². The molecule has 1 aliphatic rings. The summed E-state index contributed by atoms with van der Waals surface area (Å²) in [4.78, 5) is 14.5. The lowest BCUT2D eigenvalue weighted by Gasteiger charge is -2.29. The molecule has 2 aromatic carbocycles. The molecule has 0 bridgehead atoms. The molecule has 4 rings (SSSR count). The van der Waals surface area contributed by atoms with Gasteiger partial charge in [-0.2, -0.15) is 18.3 Å². The number of aryl methyl sites for hydroxylation is 1. The van der Waals surface area contributed by atoms with Crippen molar-refractivity contribution >= 4 is 23.2 Å². The van der Waals surface area contributed by atoms with E-state index >= 15 is 0 Å². The number of carbonyl (C=O) groups is 1. The van der Waals surface area contributed by atoms with Gasteiger partial charge < -0.3 is 4.90 Å². The second-order valence-corrected chi connectivity index (χ2v) is 6.92. The van der Waals surface area contributed by atoms with Gasteiger partial charge in [0.1, 0.15) is 0 Å². The van der Waals surface area contributed by atoms with Gasteiger partial charge in [-0.3, -0.25) is 4.79 Å². The number of carbonyl (C=O) groups excluding carboxylic acids is 1. The predicted octanol–water partition coefficient (Wildman–Crippen LogP) is 5.14. The van der Waals surface area contributed by atoms with Crippen molar-refractivity contribution < 1.29 is 18.0 Å². The molecule has 2 heterocycles. The third kappa shape index (κ3) is 3.26. The average molecular weight is 406 g/mol. The minimum absolute atomic E-state index is 0.137. The molecule has 1 aliphatic heterocycles. The zero-order chi connectivity index (χ0) is 19.9. The van der Waals surface area contributed by atoms with Crippen molar-refractivity contribution in [2.45, 2.75) is 19.0 Å². The summed E-state index contributed by atoms with van der Waals surface area (Å²) in [5.41, 5.74) is 0.130. The van der Waals surface area contributed by atoms with Crippen LogP contribution < -0.4 is 4.90 Å². The van der Waals surface area contributed by atoms with E-state index in [1.54, 1.807) is 18.2 Å². The fourth-order valence-electron chi connectivity index (χ4n) is 3.47. The first kappa shape index (κ1) is 18.6. The molecule has 28 heavy (non-hydrogen) atoms. The lowest BCUT2D eigenvalue weighted by molar-refractivity contribution is -0.143. The number of rotatable bonds is 2. The van der Waals surface area contributed by atoms with E-state index in [0.717, 1.165) is 22.9 Å². The summed E-state index contributed by atoms with van der Waals surface area (Å²) in [5, 5.41) is 4.13. The number of hydrogen-bond donors (Lipinski definition) is 0. The molecule has 3 aromatic rings. The van der Waals surface area contributed by atoms with Gasteiger partial charge in [-0.1, -0.05) is 35.9 Å². The van der Waals surface area contributed by atoms with E-state index < -0.39 is 23.3 Å². The van der Waals surface area contributed by atoms with Crippen molar-refractivity contribution in [3.8, 4) is 5.69 Å². The van der Waals surface area contributed by atoms with E-state index in [9.17, 15) is 18.0 Å². The van der Waals surface area contributed by atoms with Crippen LogP contribution in [0.25, 0.3) is 5.69 Å². The Bertz CT molecular complexity index is 1050. The first-order chi connectivity index (χ1) is 13.4. The van der Waals surface area contributed by atoms with Crippen LogP contribution in [0.15, 0.2) is 54.7 Å². The quantitative estimate of drug-likeness (QED) is 0.592. The average Bonchev–Trinajstić information content (AvgIpc) is 3.13. The van der Waals surface area contributed by atoms with Crippen molar-refractivity contribution in [3.05, 3.63) is 76.6 Å². The zero-order valence-electron chi connectivity index (χ0n) is 14.6. The number of benzene rings is 2. The molecule has 4 nitrogen and oxygen atoms in total. The Kier molecular flexibility index (Phi) is 4.63. The standard InChI is InChI=1S/C20H15ClF3N3O/c21-14-7-3-8-15(11-14)27-18(20(22,23)24)16(12-25-27)19(28)26-10-4-6-13-5-1-2-9-17(13)26/h1-3,5,7-9,11-12H,4,6,10H2. The van der Waals surface area contributed by atoms with E-state index in [2.05, 4.69) is 5.10 Å². The highest BCUT2D eigenvalue weighted by Gasteiger charge is 2.42. The molecule has 1 amide bonds. The van der Waals surface area contributed by atoms with E-state index in [1.165, 1.54) is 23.1 Å². The number of alkyl halides is 3. The van der Waals surface area contributed by atoms with Crippen LogP contribution in [0.1, 0.15) is 28.0 Å². The summed E-state index contributed by atoms with van der Waals surface area (Å²) >= 11 is 5.91. The van der Waals surface area contributed by atoms with Gasteiger partial charge in [-0.25, -0.2) is 4.68 Å². The normalized spacial score (nSPS) is 14.1. The molecule has 0 fully saturated rings. The number of para-hydroxylation sites is 1. The van der Waals surface area contributed by atoms with Crippen LogP contribution >= 0.6 is 11.6 Å². The minimum Gasteiger partial charge on any atom is -0.308 e. The second-order valence-electron chi connectivity index (χ2n) is 6.49. The Balaban J connectivity index is 1.82. The maximum Gasteiger partial charge on any atom is 0.434 e. The molecule has 0 atom stereocenters. The highest BCUT2D eigenvalue weighted by molar-refractivity contribution is 6.30. The smallest absolute Gasteiger partial charge is 0.308 e. The Morgan fingerprint density at radius 2 is 1.89 bits per heavy atom. The summed E-state index contributed by atoms with van der Waals surface area (Å²) < 4.78 is 42.4. The summed E-state index contributed by atoms with van der Waals surface area (Å²) in [6.45, 7) is 0.357. The van der Waals surface area contributed by atoms with Crippen LogP contribution in [0.5, 0.6) is 0 Å². The summed E-state index contributed by atoms with van der Waals surface area (Å²) in [6, 6.07) is 13.2. The molecule has 1 aromatic heterocycles. The fourth-order valence-corrected chi connectivity index (χ4v) is 3.66. The van der Waals surface area contributed by atoms with E-state index in [0.29, 0.717) is 18.7 Å². The lowest BCUT2D eigenvalue weighted by atomic mass is 10.0. The number of nitrogens with zero attached hydrogens (tertiary/aromatic N) is 3. The molecule has 0 aliphatic carbocycles. The monoisotopic (exact) mass is 405 g/mol. The third-order valence-corrected chi connectivity index (χ3v) is 4.91. The van der Waals surface area contributed by atoms with Crippen molar-refractivity contribution in [3.63, 3.8) is 0 Å². The van der Waals surface area contributed by atoms with Crippen molar-refractivity contribution in [1.82, 2.24) is 9.78 Å². The van der Waals surface area contributed by atoms with E-state index in [-0.39, 0.29) is 10.7 Å². The van der Waals surface area contributed by atoms with E-state index in [1.807, 2.05) is 12.1 Å². The van der Waals surface area contributed by atoms with Crippen LogP contribution in [0.4, 0.5) is 18.9 Å². The first-order valence-corrected chi connectivity index (χ1v) is 9.05. The highest BCUT2D eigenvalue weighted by Crippen LogP contribution is 2.36. The summed E-state index contributed by atoms with van der Waals surface area (Å²) in [6.07, 6.45) is -2.32. The molecule has 0 saturated carbocycles. The maximum atomic E-state index is 13.9. The van der Waals surface area contributed by atoms with Gasteiger partial charge in [0.05, 0.1) is 17.4 Å². The SMILES string of the molecule is O=C(c1cnn(-c2cccc(Cl)c2)c1C(F)(F)F)N1CCCc2ccccc21. The third-order valence-electron chi connectivity index (χ3n) is 4.68. The molecule has 0 unspecified atom stereocenters. The lowest BCUT2D eigenvalue weighted by Crippen LogP contribution is -2.36. The largest absolute Gasteiger partial charge is 0.434 e. The van der Waals surface area contributed by atoms with E-state index in [4.69, 9.17) is 11.6 Å². The molecular weight excluding hydrogens is 391 g/mol. The fraction of sp³-hybridized carbons (Fsp3) is 0.200. The molecule has 0 spiro atoms. The summed E-state index contributed by atoms with van der Waals surface area (Å²) in [7, 11) is 0. The molecular formula is C20H15ClF3N3O. The van der Waals surface area contributed by atoms with Crippen molar-refractivity contribution in [2.75, 3.05) is 11.4 Å². The molecule has 0 N–H and O–H groups in total. The number of amides is 1. The Hall–Kier alpha value is -2.80. The number of anilines is 1. The van der Waals surface area contributed by atoms with Gasteiger partial charge >= 0.3 is 6.18 Å². The number of hydrogen-bond acceptors (Lipinski definition) is 2. The molecule has 8 heteroatoms. The predicted molar refractivity (Wildman–Crippen MR) is 100 cm³/mol. The minimum atomic E-state index is -4.76. The Morgan fingerprint density at radius 1 is 1.11 bits per heavy atom. The second kappa shape index (κ2) is 6.98. The van der Waals surface area contributed by atoms with Crippen LogP contribution in [-0.4, -0.2) is 22.2 Å². The van der Waals surface area contributed by atoms with Gasteiger partial charge in [0, 0.05) is 17.3 Å². The number of fused-ring (bicyclic) bond motifs is 1. The maximum absolute atomic E-state index is 13.9. The highest BCUT2D eigenvalue weighted by atomic mass is 35.5. The van der Waals surface area contributed by atoms with Crippen molar-refractivity contribution in [1.29, 1.82) is 0 Å². The number of halogens is 4. The van der Waals surface area contributed by atoms with Crippen molar-refractivity contribution in [2.24, 2.45) is 0 Å². The molecule has 0 radical (unpaired) electrons. The number of aromatic nitrogens is 2. The van der Waals surface area contributed by atoms with Crippen LogP contribution in [0.2, 0.25) is 5.02 Å².